The van der Waals surface area contributed by atoms with E-state index in [4.69, 9.17) is 0 Å². The maximum atomic E-state index is 13.2. The Morgan fingerprint density at radius 1 is 1.35 bits per heavy atom. The molecule has 1 aromatic rings. The molecular formula is C13H15BrF2O. The lowest BCUT2D eigenvalue weighted by atomic mass is 10.0. The van der Waals surface area contributed by atoms with E-state index >= 15 is 0 Å². The van der Waals surface area contributed by atoms with E-state index in [1.165, 1.54) is 6.07 Å². The van der Waals surface area contributed by atoms with Gasteiger partial charge < -0.3 is 0 Å². The van der Waals surface area contributed by atoms with E-state index in [9.17, 15) is 13.6 Å². The van der Waals surface area contributed by atoms with Crippen LogP contribution in [0.4, 0.5) is 8.78 Å². The van der Waals surface area contributed by atoms with Gasteiger partial charge in [0, 0.05) is 12.0 Å². The van der Waals surface area contributed by atoms with E-state index in [-0.39, 0.29) is 15.8 Å². The first-order valence-electron chi connectivity index (χ1n) is 5.60. The van der Waals surface area contributed by atoms with Gasteiger partial charge in [-0.3, -0.25) is 4.79 Å². The van der Waals surface area contributed by atoms with Crippen molar-refractivity contribution in [2.75, 3.05) is 0 Å². The van der Waals surface area contributed by atoms with Crippen LogP contribution >= 0.6 is 15.9 Å². The molecule has 94 valence electrons. The Labute approximate surface area is 108 Å². The van der Waals surface area contributed by atoms with Crippen LogP contribution in [0, 0.1) is 17.6 Å². The van der Waals surface area contributed by atoms with Gasteiger partial charge in [0.1, 0.15) is 0 Å². The van der Waals surface area contributed by atoms with Gasteiger partial charge in [0.25, 0.3) is 0 Å². The molecule has 1 rings (SSSR count). The zero-order valence-corrected chi connectivity index (χ0v) is 11.5. The maximum absolute atomic E-state index is 13.2. The Hall–Kier alpha value is -0.770. The summed E-state index contributed by atoms with van der Waals surface area (Å²) in [5.41, 5.74) is 0.215. The summed E-state index contributed by atoms with van der Waals surface area (Å²) in [6.07, 6.45) is 2.08. The summed E-state index contributed by atoms with van der Waals surface area (Å²) in [7, 11) is 0. The van der Waals surface area contributed by atoms with Crippen LogP contribution in [-0.2, 0) is 0 Å². The van der Waals surface area contributed by atoms with Crippen molar-refractivity contribution in [2.45, 2.75) is 33.1 Å². The van der Waals surface area contributed by atoms with Gasteiger partial charge in [-0.1, -0.05) is 20.3 Å². The first-order valence-corrected chi connectivity index (χ1v) is 6.39. The summed E-state index contributed by atoms with van der Waals surface area (Å²) in [5.74, 6) is -1.57. The number of Topliss-reactive ketones (excluding diaryl/α,β-unsaturated/α-hetero) is 1. The van der Waals surface area contributed by atoms with Crippen LogP contribution in [0.1, 0.15) is 43.5 Å². The van der Waals surface area contributed by atoms with E-state index in [2.05, 4.69) is 29.8 Å². The molecule has 0 heterocycles. The minimum absolute atomic E-state index is 0.0768. The smallest absolute Gasteiger partial charge is 0.173 e. The molecule has 0 spiro atoms. The number of benzene rings is 1. The molecule has 0 aliphatic heterocycles. The molecule has 0 aromatic heterocycles. The van der Waals surface area contributed by atoms with Crippen LogP contribution in [0.2, 0.25) is 0 Å². The van der Waals surface area contributed by atoms with Crippen molar-refractivity contribution in [3.63, 3.8) is 0 Å². The largest absolute Gasteiger partial charge is 0.294 e. The molecule has 0 bridgehead atoms. The fraction of sp³-hybridized carbons (Fsp3) is 0.462. The average molecular weight is 305 g/mol. The SMILES string of the molecule is CC(C)CCCC(=O)c1ccc(F)c(F)c1Br. The second kappa shape index (κ2) is 6.24. The highest BCUT2D eigenvalue weighted by atomic mass is 79.9. The summed E-state index contributed by atoms with van der Waals surface area (Å²) in [5, 5.41) is 0. The van der Waals surface area contributed by atoms with Crippen molar-refractivity contribution < 1.29 is 13.6 Å². The molecule has 0 N–H and O–H groups in total. The van der Waals surface area contributed by atoms with E-state index in [1.54, 1.807) is 0 Å². The Morgan fingerprint density at radius 3 is 2.59 bits per heavy atom. The minimum Gasteiger partial charge on any atom is -0.294 e. The summed E-state index contributed by atoms with van der Waals surface area (Å²) >= 11 is 2.92. The van der Waals surface area contributed by atoms with Crippen molar-refractivity contribution in [2.24, 2.45) is 5.92 Å². The quantitative estimate of drug-likeness (QED) is 0.567. The van der Waals surface area contributed by atoms with Crippen molar-refractivity contribution >= 4 is 21.7 Å². The van der Waals surface area contributed by atoms with Crippen LogP contribution in [0.25, 0.3) is 0 Å². The topological polar surface area (TPSA) is 17.1 Å². The molecule has 0 radical (unpaired) electrons. The molecule has 0 amide bonds. The van der Waals surface area contributed by atoms with Gasteiger partial charge in [-0.25, -0.2) is 8.78 Å². The Bertz CT molecular complexity index is 416. The first-order chi connectivity index (χ1) is 7.93. The van der Waals surface area contributed by atoms with Gasteiger partial charge in [-0.15, -0.1) is 0 Å². The highest BCUT2D eigenvalue weighted by molar-refractivity contribution is 9.10. The maximum Gasteiger partial charge on any atom is 0.173 e. The molecule has 1 nitrogen and oxygen atoms in total. The van der Waals surface area contributed by atoms with Crippen molar-refractivity contribution in [1.29, 1.82) is 0 Å². The number of rotatable bonds is 5. The van der Waals surface area contributed by atoms with Crippen molar-refractivity contribution in [1.82, 2.24) is 0 Å². The van der Waals surface area contributed by atoms with Gasteiger partial charge >= 0.3 is 0 Å². The van der Waals surface area contributed by atoms with E-state index in [1.807, 2.05) is 0 Å². The third-order valence-electron chi connectivity index (χ3n) is 2.52. The molecule has 0 saturated carbocycles. The normalized spacial score (nSPS) is 10.9. The lowest BCUT2D eigenvalue weighted by Crippen LogP contribution is -2.03. The predicted octanol–water partition coefficient (Wildman–Crippen LogP) is 4.74. The fourth-order valence-corrected chi connectivity index (χ4v) is 2.09. The van der Waals surface area contributed by atoms with Gasteiger partial charge in [0.15, 0.2) is 17.4 Å². The monoisotopic (exact) mass is 304 g/mol. The molecule has 0 aliphatic rings. The Balaban J connectivity index is 2.73. The zero-order valence-electron chi connectivity index (χ0n) is 9.90. The molecule has 0 atom stereocenters. The van der Waals surface area contributed by atoms with E-state index in [0.717, 1.165) is 18.9 Å². The van der Waals surface area contributed by atoms with Crippen LogP contribution in [0.3, 0.4) is 0 Å². The van der Waals surface area contributed by atoms with Crippen LogP contribution in [-0.4, -0.2) is 5.78 Å². The third-order valence-corrected chi connectivity index (χ3v) is 3.30. The van der Waals surface area contributed by atoms with E-state index in [0.29, 0.717) is 12.3 Å². The highest BCUT2D eigenvalue weighted by Gasteiger charge is 2.16. The molecule has 0 unspecified atom stereocenters. The highest BCUT2D eigenvalue weighted by Crippen LogP contribution is 2.24. The van der Waals surface area contributed by atoms with E-state index < -0.39 is 11.6 Å². The number of halogens is 3. The van der Waals surface area contributed by atoms with Gasteiger partial charge in [-0.2, -0.15) is 0 Å². The molecule has 0 aliphatic carbocycles. The molecular weight excluding hydrogens is 290 g/mol. The second-order valence-corrected chi connectivity index (χ2v) is 5.23. The van der Waals surface area contributed by atoms with Gasteiger partial charge in [0.05, 0.1) is 4.47 Å². The standard InChI is InChI=1S/C13H15BrF2O/c1-8(2)4-3-5-11(17)9-6-7-10(15)13(16)12(9)14/h6-8H,3-5H2,1-2H3. The second-order valence-electron chi connectivity index (χ2n) is 4.43. The minimum atomic E-state index is -1.00. The van der Waals surface area contributed by atoms with Crippen molar-refractivity contribution in [3.05, 3.63) is 33.8 Å². The molecule has 4 heteroatoms. The molecule has 0 fully saturated rings. The summed E-state index contributed by atoms with van der Waals surface area (Å²) in [4.78, 5) is 11.8. The number of ketones is 1. The number of hydrogen-bond donors (Lipinski definition) is 0. The third kappa shape index (κ3) is 3.87. The molecule has 1 aromatic carbocycles. The molecule has 0 saturated heterocycles. The first kappa shape index (κ1) is 14.3. The summed E-state index contributed by atoms with van der Waals surface area (Å²) < 4.78 is 26.0. The average Bonchev–Trinajstić information content (AvgIpc) is 2.25. The van der Waals surface area contributed by atoms with Gasteiger partial charge in [-0.05, 0) is 40.4 Å². The Morgan fingerprint density at radius 2 is 2.00 bits per heavy atom. The lowest BCUT2D eigenvalue weighted by Gasteiger charge is -2.06. The summed E-state index contributed by atoms with van der Waals surface area (Å²) in [6.45, 7) is 4.16. The molecule has 17 heavy (non-hydrogen) atoms. The van der Waals surface area contributed by atoms with Crippen molar-refractivity contribution in [3.8, 4) is 0 Å². The van der Waals surface area contributed by atoms with Crippen LogP contribution in [0.5, 0.6) is 0 Å². The lowest BCUT2D eigenvalue weighted by molar-refractivity contribution is 0.0977. The summed E-state index contributed by atoms with van der Waals surface area (Å²) in [6, 6.07) is 2.30. The Kier molecular flexibility index (Phi) is 5.25. The predicted molar refractivity (Wildman–Crippen MR) is 67.1 cm³/mol. The fourth-order valence-electron chi connectivity index (χ4n) is 1.55. The van der Waals surface area contributed by atoms with Crippen LogP contribution < -0.4 is 0 Å². The zero-order chi connectivity index (χ0) is 13.0. The van der Waals surface area contributed by atoms with Crippen LogP contribution in [0.15, 0.2) is 16.6 Å². The van der Waals surface area contributed by atoms with Gasteiger partial charge in [0.2, 0.25) is 0 Å². The number of hydrogen-bond acceptors (Lipinski definition) is 1. The number of carbonyl (C=O) groups excluding carboxylic acids is 1. The number of carbonyl (C=O) groups is 1.